The fraction of sp³-hybridized carbons (Fsp3) is 0.143. The number of hydrogen-bond acceptors (Lipinski definition) is 4. The third kappa shape index (κ3) is 3.12. The van der Waals surface area contributed by atoms with Crippen molar-refractivity contribution in [2.75, 3.05) is 0 Å². The molecule has 0 aliphatic rings. The van der Waals surface area contributed by atoms with Crippen LogP contribution in [0.15, 0.2) is 49.0 Å². The highest BCUT2D eigenvalue weighted by Crippen LogP contribution is 2.20. The van der Waals surface area contributed by atoms with Crippen molar-refractivity contribution < 1.29 is 9.52 Å². The topological polar surface area (TPSA) is 62.8 Å². The maximum Gasteiger partial charge on any atom is 0.348 e. The van der Waals surface area contributed by atoms with Crippen LogP contribution in [-0.4, -0.2) is 10.8 Å². The lowest BCUT2D eigenvalue weighted by atomic mass is 10.1. The Bertz CT molecular complexity index is 687. The van der Waals surface area contributed by atoms with Gasteiger partial charge in [0, 0.05) is 10.5 Å². The van der Waals surface area contributed by atoms with Gasteiger partial charge in [-0.1, -0.05) is 15.9 Å². The van der Waals surface area contributed by atoms with Crippen LogP contribution in [0.25, 0.3) is 0 Å². The Kier molecular flexibility index (Phi) is 3.85. The zero-order chi connectivity index (χ0) is 14.0. The molecule has 19 heavy (non-hydrogen) atoms. The van der Waals surface area contributed by atoms with Crippen molar-refractivity contribution in [3.05, 3.63) is 56.5 Å². The van der Waals surface area contributed by atoms with E-state index in [9.17, 15) is 9.90 Å². The molecule has 0 fully saturated rings. The van der Waals surface area contributed by atoms with E-state index in [-0.39, 0.29) is 11.3 Å². The minimum Gasteiger partial charge on any atom is -0.507 e. The first kappa shape index (κ1) is 13.5. The molecule has 0 aliphatic heterocycles. The van der Waals surface area contributed by atoms with Gasteiger partial charge >= 0.3 is 5.63 Å². The van der Waals surface area contributed by atoms with E-state index in [1.807, 2.05) is 12.1 Å². The zero-order valence-electron chi connectivity index (χ0n) is 10.5. The monoisotopic (exact) mass is 321 g/mol. The average molecular weight is 322 g/mol. The standard InChI is InChI=1S/C14H12BrNO3/c1-8-7-12(17)13(14(18)19-8)9(2)16-11-5-3-10(15)4-6-11/h3-7,17H,1-2H3. The number of halogens is 1. The highest BCUT2D eigenvalue weighted by Gasteiger charge is 2.12. The molecule has 2 rings (SSSR count). The minimum atomic E-state index is -0.587. The van der Waals surface area contributed by atoms with E-state index in [0.717, 1.165) is 4.47 Å². The Labute approximate surface area is 118 Å². The zero-order valence-corrected chi connectivity index (χ0v) is 12.1. The van der Waals surface area contributed by atoms with Crippen LogP contribution in [0.2, 0.25) is 0 Å². The van der Waals surface area contributed by atoms with Crippen molar-refractivity contribution in [2.45, 2.75) is 13.8 Å². The summed E-state index contributed by atoms with van der Waals surface area (Å²) < 4.78 is 5.91. The van der Waals surface area contributed by atoms with Gasteiger partial charge in [0.1, 0.15) is 17.1 Å². The number of aryl methyl sites for hydroxylation is 1. The second-order valence-corrected chi connectivity index (χ2v) is 4.99. The van der Waals surface area contributed by atoms with Crippen LogP contribution in [0.4, 0.5) is 5.69 Å². The molecular weight excluding hydrogens is 310 g/mol. The normalized spacial score (nSPS) is 11.6. The Morgan fingerprint density at radius 1 is 1.32 bits per heavy atom. The summed E-state index contributed by atoms with van der Waals surface area (Å²) in [5, 5.41) is 9.82. The summed E-state index contributed by atoms with van der Waals surface area (Å²) in [5.74, 6) is 0.245. The molecule has 4 nitrogen and oxygen atoms in total. The fourth-order valence-corrected chi connectivity index (χ4v) is 1.96. The van der Waals surface area contributed by atoms with Crippen LogP contribution in [0, 0.1) is 6.92 Å². The molecule has 0 saturated heterocycles. The summed E-state index contributed by atoms with van der Waals surface area (Å²) in [6.07, 6.45) is 0. The van der Waals surface area contributed by atoms with Crippen molar-refractivity contribution in [2.24, 2.45) is 4.99 Å². The largest absolute Gasteiger partial charge is 0.507 e. The third-order valence-electron chi connectivity index (χ3n) is 2.54. The minimum absolute atomic E-state index is 0.0912. The highest BCUT2D eigenvalue weighted by atomic mass is 79.9. The predicted molar refractivity (Wildman–Crippen MR) is 77.4 cm³/mol. The van der Waals surface area contributed by atoms with Gasteiger partial charge in [-0.25, -0.2) is 4.79 Å². The maximum atomic E-state index is 11.7. The van der Waals surface area contributed by atoms with Crippen molar-refractivity contribution in [1.82, 2.24) is 0 Å². The first-order valence-corrected chi connectivity index (χ1v) is 6.41. The predicted octanol–water partition coefficient (Wildman–Crippen LogP) is 3.56. The summed E-state index contributed by atoms with van der Waals surface area (Å²) in [4.78, 5) is 16.0. The lowest BCUT2D eigenvalue weighted by Gasteiger charge is -2.03. The molecule has 1 aromatic carbocycles. The van der Waals surface area contributed by atoms with E-state index in [1.165, 1.54) is 6.07 Å². The molecule has 2 aromatic rings. The molecule has 1 N–H and O–H groups in total. The van der Waals surface area contributed by atoms with Crippen molar-refractivity contribution in [3.8, 4) is 5.75 Å². The van der Waals surface area contributed by atoms with Gasteiger partial charge in [0.2, 0.25) is 0 Å². The Morgan fingerprint density at radius 3 is 2.53 bits per heavy atom. The summed E-state index contributed by atoms with van der Waals surface area (Å²) in [5.41, 5.74) is 0.609. The van der Waals surface area contributed by atoms with Gasteiger partial charge < -0.3 is 9.52 Å². The van der Waals surface area contributed by atoms with E-state index in [1.54, 1.807) is 26.0 Å². The molecule has 0 bridgehead atoms. The molecule has 0 radical (unpaired) electrons. The molecule has 1 heterocycles. The number of aromatic hydroxyl groups is 1. The van der Waals surface area contributed by atoms with Gasteiger partial charge in [-0.3, -0.25) is 4.99 Å². The molecule has 0 atom stereocenters. The van der Waals surface area contributed by atoms with Crippen LogP contribution in [-0.2, 0) is 0 Å². The summed E-state index contributed by atoms with van der Waals surface area (Å²) in [6.45, 7) is 3.26. The molecule has 0 spiro atoms. The summed E-state index contributed by atoms with van der Waals surface area (Å²) >= 11 is 3.33. The number of benzene rings is 1. The van der Waals surface area contributed by atoms with Gasteiger partial charge in [-0.15, -0.1) is 0 Å². The number of aliphatic imine (C=N–C) groups is 1. The molecule has 0 aliphatic carbocycles. The van der Waals surface area contributed by atoms with Crippen LogP contribution in [0.5, 0.6) is 5.75 Å². The molecule has 0 amide bonds. The molecule has 1 aromatic heterocycles. The van der Waals surface area contributed by atoms with Crippen LogP contribution in [0.1, 0.15) is 18.2 Å². The van der Waals surface area contributed by atoms with Gasteiger partial charge in [0.15, 0.2) is 0 Å². The average Bonchev–Trinajstić information content (AvgIpc) is 2.30. The summed E-state index contributed by atoms with van der Waals surface area (Å²) in [6, 6.07) is 8.71. The maximum absolute atomic E-state index is 11.7. The van der Waals surface area contributed by atoms with Crippen molar-refractivity contribution >= 4 is 27.3 Å². The van der Waals surface area contributed by atoms with E-state index < -0.39 is 5.63 Å². The quantitative estimate of drug-likeness (QED) is 0.860. The Hall–Kier alpha value is -1.88. The van der Waals surface area contributed by atoms with Crippen LogP contribution >= 0.6 is 15.9 Å². The first-order chi connectivity index (χ1) is 8.97. The van der Waals surface area contributed by atoms with E-state index in [0.29, 0.717) is 17.2 Å². The SMILES string of the molecule is CC(=Nc1ccc(Br)cc1)c1c(O)cc(C)oc1=O. The van der Waals surface area contributed by atoms with E-state index in [4.69, 9.17) is 4.42 Å². The summed E-state index contributed by atoms with van der Waals surface area (Å²) in [7, 11) is 0. The smallest absolute Gasteiger partial charge is 0.348 e. The Balaban J connectivity index is 2.47. The number of nitrogens with zero attached hydrogens (tertiary/aromatic N) is 1. The molecule has 5 heteroatoms. The third-order valence-corrected chi connectivity index (χ3v) is 3.07. The highest BCUT2D eigenvalue weighted by molar-refractivity contribution is 9.10. The van der Waals surface area contributed by atoms with Crippen LogP contribution < -0.4 is 5.63 Å². The molecular formula is C14H12BrNO3. The second kappa shape index (κ2) is 5.40. The van der Waals surface area contributed by atoms with Crippen molar-refractivity contribution in [3.63, 3.8) is 0 Å². The molecule has 98 valence electrons. The van der Waals surface area contributed by atoms with E-state index in [2.05, 4.69) is 20.9 Å². The van der Waals surface area contributed by atoms with Gasteiger partial charge in [-0.2, -0.15) is 0 Å². The van der Waals surface area contributed by atoms with Crippen LogP contribution in [0.3, 0.4) is 0 Å². The Morgan fingerprint density at radius 2 is 1.95 bits per heavy atom. The van der Waals surface area contributed by atoms with Gasteiger partial charge in [-0.05, 0) is 38.1 Å². The molecule has 0 unspecified atom stereocenters. The second-order valence-electron chi connectivity index (χ2n) is 4.08. The van der Waals surface area contributed by atoms with Gasteiger partial charge in [0.25, 0.3) is 0 Å². The first-order valence-electron chi connectivity index (χ1n) is 5.62. The van der Waals surface area contributed by atoms with Crippen molar-refractivity contribution in [1.29, 1.82) is 0 Å². The lowest BCUT2D eigenvalue weighted by molar-refractivity contribution is 0.432. The van der Waals surface area contributed by atoms with E-state index >= 15 is 0 Å². The number of rotatable bonds is 2. The fourth-order valence-electron chi connectivity index (χ4n) is 1.69. The lowest BCUT2D eigenvalue weighted by Crippen LogP contribution is -2.12. The van der Waals surface area contributed by atoms with Gasteiger partial charge in [0.05, 0.1) is 11.4 Å². The molecule has 0 saturated carbocycles. The number of hydrogen-bond donors (Lipinski definition) is 1.